The number of hydrogen-bond acceptors (Lipinski definition) is 5. The molecule has 0 spiro atoms. The van der Waals surface area contributed by atoms with E-state index in [2.05, 4.69) is 0 Å². The molecule has 2 unspecified atom stereocenters. The molecule has 0 saturated heterocycles. The third kappa shape index (κ3) is 4.59. The predicted octanol–water partition coefficient (Wildman–Crippen LogP) is 1.73. The lowest BCUT2D eigenvalue weighted by Gasteiger charge is -2.30. The maximum Gasteiger partial charge on any atom is 0.309 e. The Kier molecular flexibility index (Phi) is 6.92. The fourth-order valence-electron chi connectivity index (χ4n) is 2.24. The molecule has 2 atom stereocenters. The minimum absolute atomic E-state index is 0.235. The molecule has 0 aromatic carbocycles. The topological polar surface area (TPSA) is 55.8 Å². The van der Waals surface area contributed by atoms with E-state index < -0.39 is 0 Å². The van der Waals surface area contributed by atoms with Crippen molar-refractivity contribution in [3.63, 3.8) is 0 Å². The molecule has 1 aliphatic rings. The highest BCUT2D eigenvalue weighted by molar-refractivity contribution is 5.72. The van der Waals surface area contributed by atoms with Gasteiger partial charge in [0.05, 0.1) is 30.7 Å². The van der Waals surface area contributed by atoms with Crippen molar-refractivity contribution in [1.29, 1.82) is 0 Å². The van der Waals surface area contributed by atoms with Gasteiger partial charge in [-0.25, -0.2) is 4.79 Å². The van der Waals surface area contributed by atoms with Gasteiger partial charge in [0.25, 0.3) is 0 Å². The molecular weight excluding hydrogens is 270 g/mol. The van der Waals surface area contributed by atoms with Crippen molar-refractivity contribution in [1.82, 2.24) is 4.90 Å². The monoisotopic (exact) mass is 293 g/mol. The summed E-state index contributed by atoms with van der Waals surface area (Å²) in [6.45, 7) is 6.80. The Balaban J connectivity index is 2.76. The smallest absolute Gasteiger partial charge is 0.309 e. The van der Waals surface area contributed by atoms with Gasteiger partial charge in [-0.2, -0.15) is 0 Å². The van der Waals surface area contributed by atoms with Gasteiger partial charge in [0.2, 0.25) is 0 Å². The first-order valence-electron chi connectivity index (χ1n) is 7.18. The van der Waals surface area contributed by atoms with E-state index in [0.29, 0.717) is 31.1 Å². The maximum absolute atomic E-state index is 11.7. The third-order valence-electron chi connectivity index (χ3n) is 3.24. The number of hydrogen-bond donors (Lipinski definition) is 0. The van der Waals surface area contributed by atoms with E-state index in [4.69, 9.17) is 9.47 Å². The highest BCUT2D eigenvalue weighted by Gasteiger charge is 2.27. The first-order chi connectivity index (χ1) is 10.0. The van der Waals surface area contributed by atoms with E-state index in [1.807, 2.05) is 43.9 Å². The van der Waals surface area contributed by atoms with E-state index in [-0.39, 0.29) is 17.9 Å². The highest BCUT2D eigenvalue weighted by atomic mass is 16.5. The summed E-state index contributed by atoms with van der Waals surface area (Å²) in [5.74, 6) is 2.00. The summed E-state index contributed by atoms with van der Waals surface area (Å²) in [4.78, 5) is 24.9. The standard InChI is InChI=1S/C16H23NO4/c1-5-20-15-9-7-8-14(13(15)11-18)17(4)10-12(3)16(19)21-6-2/h7-9,12,14H,5-6,10H2,1-4H3. The van der Waals surface area contributed by atoms with E-state index in [1.165, 1.54) is 0 Å². The largest absolute Gasteiger partial charge is 0.493 e. The molecule has 0 heterocycles. The molecule has 0 radical (unpaired) electrons. The van der Waals surface area contributed by atoms with Crippen molar-refractivity contribution >= 4 is 11.9 Å². The van der Waals surface area contributed by atoms with Gasteiger partial charge in [-0.15, -0.1) is 0 Å². The lowest BCUT2D eigenvalue weighted by molar-refractivity contribution is -0.148. The molecule has 21 heavy (non-hydrogen) atoms. The van der Waals surface area contributed by atoms with Gasteiger partial charge < -0.3 is 9.47 Å². The first-order valence-corrected chi connectivity index (χ1v) is 7.18. The van der Waals surface area contributed by atoms with Crippen LogP contribution in [0.3, 0.4) is 0 Å². The van der Waals surface area contributed by atoms with Crippen LogP contribution in [0.1, 0.15) is 20.8 Å². The van der Waals surface area contributed by atoms with Gasteiger partial charge in [-0.1, -0.05) is 19.1 Å². The van der Waals surface area contributed by atoms with Crippen molar-refractivity contribution in [2.24, 2.45) is 5.92 Å². The fraction of sp³-hybridized carbons (Fsp3) is 0.562. The van der Waals surface area contributed by atoms with Crippen LogP contribution in [0, 0.1) is 5.92 Å². The Morgan fingerprint density at radius 3 is 2.71 bits per heavy atom. The quantitative estimate of drug-likeness (QED) is 0.528. The molecule has 1 rings (SSSR count). The fourth-order valence-corrected chi connectivity index (χ4v) is 2.24. The van der Waals surface area contributed by atoms with Crippen molar-refractivity contribution in [3.8, 4) is 0 Å². The second-order valence-corrected chi connectivity index (χ2v) is 4.90. The number of carbonyl (C=O) groups excluding carboxylic acids is 2. The Bertz CT molecular complexity index is 475. The molecule has 0 aliphatic heterocycles. The number of nitrogens with zero attached hydrogens (tertiary/aromatic N) is 1. The lowest BCUT2D eigenvalue weighted by Crippen LogP contribution is -2.39. The average molecular weight is 293 g/mol. The summed E-state index contributed by atoms with van der Waals surface area (Å²) in [5.41, 5.74) is 0.456. The second kappa shape index (κ2) is 8.45. The van der Waals surface area contributed by atoms with E-state index >= 15 is 0 Å². The Morgan fingerprint density at radius 2 is 2.14 bits per heavy atom. The van der Waals surface area contributed by atoms with Crippen molar-refractivity contribution in [2.75, 3.05) is 26.8 Å². The highest BCUT2D eigenvalue weighted by Crippen LogP contribution is 2.23. The minimum atomic E-state index is -0.266. The van der Waals surface area contributed by atoms with Crippen LogP contribution >= 0.6 is 0 Å². The van der Waals surface area contributed by atoms with Gasteiger partial charge in [0.1, 0.15) is 11.7 Å². The van der Waals surface area contributed by atoms with Gasteiger partial charge in [0.15, 0.2) is 0 Å². The number of esters is 1. The Morgan fingerprint density at radius 1 is 1.43 bits per heavy atom. The molecule has 0 saturated carbocycles. The average Bonchev–Trinajstić information content (AvgIpc) is 2.47. The van der Waals surface area contributed by atoms with Crippen LogP contribution in [-0.2, 0) is 19.1 Å². The molecule has 0 amide bonds. The number of carbonyl (C=O) groups is 1. The maximum atomic E-state index is 11.7. The zero-order chi connectivity index (χ0) is 15.8. The summed E-state index contributed by atoms with van der Waals surface area (Å²) in [5, 5.41) is 0. The van der Waals surface area contributed by atoms with Crippen molar-refractivity contribution < 1.29 is 19.1 Å². The van der Waals surface area contributed by atoms with Crippen LogP contribution < -0.4 is 0 Å². The van der Waals surface area contributed by atoms with Crippen LogP contribution in [0.5, 0.6) is 0 Å². The SMILES string of the molecule is CCOC(=O)C(C)CN(C)C1C=CC=C(OCC)C1=C=O. The Hall–Kier alpha value is -1.84. The zero-order valence-electron chi connectivity index (χ0n) is 13.1. The van der Waals surface area contributed by atoms with Crippen LogP contribution in [0.25, 0.3) is 0 Å². The summed E-state index contributed by atoms with van der Waals surface area (Å²) < 4.78 is 10.5. The van der Waals surface area contributed by atoms with Gasteiger partial charge in [-0.3, -0.25) is 9.69 Å². The zero-order valence-corrected chi connectivity index (χ0v) is 13.1. The van der Waals surface area contributed by atoms with Crippen molar-refractivity contribution in [3.05, 3.63) is 29.6 Å². The normalized spacial score (nSPS) is 19.0. The summed E-state index contributed by atoms with van der Waals surface area (Å²) in [7, 11) is 1.86. The number of rotatable bonds is 7. The molecule has 116 valence electrons. The number of ether oxygens (including phenoxy) is 2. The second-order valence-electron chi connectivity index (χ2n) is 4.90. The summed E-state index contributed by atoms with van der Waals surface area (Å²) >= 11 is 0. The van der Waals surface area contributed by atoms with Crippen LogP contribution in [0.4, 0.5) is 0 Å². The molecule has 0 N–H and O–H groups in total. The minimum Gasteiger partial charge on any atom is -0.493 e. The van der Waals surface area contributed by atoms with E-state index in [9.17, 15) is 9.59 Å². The van der Waals surface area contributed by atoms with Crippen molar-refractivity contribution in [2.45, 2.75) is 26.8 Å². The molecule has 0 aromatic rings. The molecule has 0 aromatic heterocycles. The molecular formula is C16H23NO4. The van der Waals surface area contributed by atoms with E-state index in [0.717, 1.165) is 0 Å². The summed E-state index contributed by atoms with van der Waals surface area (Å²) in [6, 6.07) is -0.245. The third-order valence-corrected chi connectivity index (χ3v) is 3.24. The number of allylic oxidation sites excluding steroid dienone is 2. The van der Waals surface area contributed by atoms with Gasteiger partial charge >= 0.3 is 5.97 Å². The molecule has 0 fully saturated rings. The molecule has 0 bridgehead atoms. The molecule has 5 nitrogen and oxygen atoms in total. The molecule has 5 heteroatoms. The summed E-state index contributed by atoms with van der Waals surface area (Å²) in [6.07, 6.45) is 5.49. The van der Waals surface area contributed by atoms with Crippen LogP contribution in [0.15, 0.2) is 29.6 Å². The lowest BCUT2D eigenvalue weighted by atomic mass is 9.99. The van der Waals surface area contributed by atoms with E-state index in [1.54, 1.807) is 13.0 Å². The Labute approximate surface area is 125 Å². The predicted molar refractivity (Wildman–Crippen MR) is 80.3 cm³/mol. The molecule has 1 aliphatic carbocycles. The van der Waals surface area contributed by atoms with Crippen LogP contribution in [-0.4, -0.2) is 49.7 Å². The van der Waals surface area contributed by atoms with Gasteiger partial charge in [0, 0.05) is 6.54 Å². The number of likely N-dealkylation sites (N-methyl/N-ethyl adjacent to an activating group) is 1. The first kappa shape index (κ1) is 17.2. The van der Waals surface area contributed by atoms with Crippen LogP contribution in [0.2, 0.25) is 0 Å². The van der Waals surface area contributed by atoms with Gasteiger partial charge in [-0.05, 0) is 27.0 Å².